The summed E-state index contributed by atoms with van der Waals surface area (Å²) in [4.78, 5) is 25.8. The number of carboxylic acid groups (broad SMARTS) is 1. The van der Waals surface area contributed by atoms with Crippen LogP contribution in [-0.2, 0) is 11.3 Å². The van der Waals surface area contributed by atoms with Crippen LogP contribution in [-0.4, -0.2) is 41.4 Å². The zero-order valence-electron chi connectivity index (χ0n) is 18.7. The van der Waals surface area contributed by atoms with Gasteiger partial charge >= 0.3 is 12.1 Å². The summed E-state index contributed by atoms with van der Waals surface area (Å²) in [6, 6.07) is 12.6. The summed E-state index contributed by atoms with van der Waals surface area (Å²) < 4.78 is 42.9. The predicted molar refractivity (Wildman–Crippen MR) is 129 cm³/mol. The Kier molecular flexibility index (Phi) is 9.87. The van der Waals surface area contributed by atoms with E-state index in [0.29, 0.717) is 33.4 Å². The molecule has 3 aromatic rings. The van der Waals surface area contributed by atoms with Crippen LogP contribution >= 0.6 is 27.5 Å². The third-order valence-corrected chi connectivity index (χ3v) is 4.97. The molecule has 2 aromatic carbocycles. The van der Waals surface area contributed by atoms with E-state index in [1.807, 2.05) is 6.07 Å². The summed E-state index contributed by atoms with van der Waals surface area (Å²) in [5.74, 6) is -2.16. The van der Waals surface area contributed by atoms with Gasteiger partial charge in [0.15, 0.2) is 5.96 Å². The Bertz CT molecular complexity index is 1240. The number of carbonyl (C=O) groups excluding carboxylic acids is 1. The lowest BCUT2D eigenvalue weighted by Crippen LogP contribution is -2.37. The van der Waals surface area contributed by atoms with Crippen molar-refractivity contribution < 1.29 is 37.1 Å². The van der Waals surface area contributed by atoms with Gasteiger partial charge in [0.05, 0.1) is 13.7 Å². The first-order valence-electron chi connectivity index (χ1n) is 9.78. The van der Waals surface area contributed by atoms with E-state index in [9.17, 15) is 18.0 Å². The molecule has 0 saturated carbocycles. The van der Waals surface area contributed by atoms with Gasteiger partial charge in [-0.15, -0.1) is 0 Å². The number of nitrogens with one attached hydrogen (secondary N) is 1. The fraction of sp³-hybridized carbons (Fsp3) is 0.182. The average Bonchev–Trinajstić information content (AvgIpc) is 3.18. The second-order valence-electron chi connectivity index (χ2n) is 6.93. The summed E-state index contributed by atoms with van der Waals surface area (Å²) in [6.07, 6.45) is -5.08. The van der Waals surface area contributed by atoms with E-state index in [2.05, 4.69) is 31.4 Å². The van der Waals surface area contributed by atoms with E-state index in [1.165, 1.54) is 0 Å². The molecule has 1 heterocycles. The van der Waals surface area contributed by atoms with Crippen LogP contribution in [0.2, 0.25) is 5.02 Å². The molecular formula is C22H19BrClF3N4O5. The van der Waals surface area contributed by atoms with Crippen molar-refractivity contribution in [2.45, 2.75) is 19.6 Å². The molecule has 1 amide bonds. The Morgan fingerprint density at radius 2 is 1.86 bits per heavy atom. The van der Waals surface area contributed by atoms with Gasteiger partial charge in [0.2, 0.25) is 0 Å². The van der Waals surface area contributed by atoms with Crippen LogP contribution in [0.1, 0.15) is 21.7 Å². The van der Waals surface area contributed by atoms with Gasteiger partial charge in [-0.25, -0.2) is 9.79 Å². The number of rotatable bonds is 5. The fourth-order valence-electron chi connectivity index (χ4n) is 2.68. The molecule has 14 heteroatoms. The summed E-state index contributed by atoms with van der Waals surface area (Å²) in [5, 5.41) is 14.3. The number of halogens is 5. The smallest absolute Gasteiger partial charge is 0.490 e. The van der Waals surface area contributed by atoms with Gasteiger partial charge < -0.3 is 20.1 Å². The number of guanidine groups is 1. The van der Waals surface area contributed by atoms with E-state index in [0.717, 1.165) is 10.0 Å². The van der Waals surface area contributed by atoms with Crippen LogP contribution in [0.25, 0.3) is 11.3 Å². The average molecular weight is 592 g/mol. The third kappa shape index (κ3) is 8.27. The van der Waals surface area contributed by atoms with Crippen LogP contribution in [0, 0.1) is 6.92 Å². The maximum absolute atomic E-state index is 12.7. The molecule has 192 valence electrons. The highest BCUT2D eigenvalue weighted by atomic mass is 79.9. The summed E-state index contributed by atoms with van der Waals surface area (Å²) >= 11 is 9.40. The van der Waals surface area contributed by atoms with Crippen LogP contribution in [0.5, 0.6) is 5.75 Å². The third-order valence-electron chi connectivity index (χ3n) is 4.29. The molecule has 36 heavy (non-hydrogen) atoms. The number of ether oxygens (including phenoxy) is 1. The minimum atomic E-state index is -5.08. The van der Waals surface area contributed by atoms with Gasteiger partial charge in [-0.3, -0.25) is 10.1 Å². The minimum Gasteiger partial charge on any atom is -0.497 e. The standard InChI is InChI=1S/C20H18BrClN4O3.C2HF3O2/c1-11-17(18(26-29-11)13-3-5-16(28-2)6-4-13)19(27)25-20(23)24-10-12-7-14(21)9-15(22)8-12;3-2(4,5)1(6)7/h3-9H,10H2,1-2H3,(H3,23,24,25,27);(H,6,7). The van der Waals surface area contributed by atoms with Crippen LogP contribution in [0.3, 0.4) is 0 Å². The van der Waals surface area contributed by atoms with Crippen LogP contribution in [0.4, 0.5) is 13.2 Å². The van der Waals surface area contributed by atoms with Crippen molar-refractivity contribution in [2.75, 3.05) is 7.11 Å². The van der Waals surface area contributed by atoms with Crippen LogP contribution in [0.15, 0.2) is 56.5 Å². The molecule has 0 aliphatic carbocycles. The number of carbonyl (C=O) groups is 2. The molecule has 0 bridgehead atoms. The number of hydrogen-bond acceptors (Lipinski definition) is 6. The number of methoxy groups -OCH3 is 1. The van der Waals surface area contributed by atoms with Gasteiger partial charge in [-0.1, -0.05) is 32.7 Å². The number of hydrogen-bond donors (Lipinski definition) is 3. The highest BCUT2D eigenvalue weighted by Crippen LogP contribution is 2.27. The summed E-state index contributed by atoms with van der Waals surface area (Å²) in [7, 11) is 1.58. The predicted octanol–water partition coefficient (Wildman–Crippen LogP) is 4.95. The van der Waals surface area contributed by atoms with E-state index in [1.54, 1.807) is 50.4 Å². The zero-order valence-corrected chi connectivity index (χ0v) is 21.0. The monoisotopic (exact) mass is 590 g/mol. The molecule has 9 nitrogen and oxygen atoms in total. The first-order chi connectivity index (χ1) is 16.8. The number of benzene rings is 2. The maximum atomic E-state index is 12.7. The molecule has 0 aliphatic rings. The Morgan fingerprint density at radius 3 is 2.39 bits per heavy atom. The maximum Gasteiger partial charge on any atom is 0.490 e. The van der Waals surface area contributed by atoms with Crippen molar-refractivity contribution in [3.8, 4) is 17.0 Å². The summed E-state index contributed by atoms with van der Waals surface area (Å²) in [6.45, 7) is 1.92. The van der Waals surface area contributed by atoms with Crippen molar-refractivity contribution >= 4 is 45.4 Å². The van der Waals surface area contributed by atoms with Crippen molar-refractivity contribution in [3.05, 3.63) is 68.8 Å². The topological polar surface area (TPSA) is 140 Å². The molecule has 1 aromatic heterocycles. The lowest BCUT2D eigenvalue weighted by Gasteiger charge is -2.06. The molecule has 0 radical (unpaired) electrons. The Balaban J connectivity index is 0.000000572. The lowest BCUT2D eigenvalue weighted by atomic mass is 10.1. The van der Waals surface area contributed by atoms with Gasteiger partial charge in [0.1, 0.15) is 22.8 Å². The second-order valence-corrected chi connectivity index (χ2v) is 8.28. The van der Waals surface area contributed by atoms with Crippen molar-refractivity contribution in [3.63, 3.8) is 0 Å². The normalized spacial score (nSPS) is 11.4. The Morgan fingerprint density at radius 1 is 1.25 bits per heavy atom. The first kappa shape index (κ1) is 28.7. The summed E-state index contributed by atoms with van der Waals surface area (Å²) in [5.41, 5.74) is 8.15. The minimum absolute atomic E-state index is 0.0209. The molecular weight excluding hydrogens is 573 g/mol. The van der Waals surface area contributed by atoms with E-state index in [-0.39, 0.29) is 12.5 Å². The molecule has 0 aliphatic heterocycles. The molecule has 0 atom stereocenters. The molecule has 3 rings (SSSR count). The van der Waals surface area contributed by atoms with Gasteiger partial charge in [0, 0.05) is 15.1 Å². The van der Waals surface area contributed by atoms with E-state index < -0.39 is 18.1 Å². The molecule has 0 spiro atoms. The number of amides is 1. The van der Waals surface area contributed by atoms with Gasteiger partial charge in [-0.2, -0.15) is 13.2 Å². The van der Waals surface area contributed by atoms with Crippen molar-refractivity contribution in [2.24, 2.45) is 10.7 Å². The number of aromatic nitrogens is 1. The highest BCUT2D eigenvalue weighted by molar-refractivity contribution is 9.10. The van der Waals surface area contributed by atoms with E-state index in [4.69, 9.17) is 36.5 Å². The SMILES string of the molecule is COc1ccc(-c2noc(C)c2C(=O)NC(N)=NCc2cc(Cl)cc(Br)c2)cc1.O=C(O)C(F)(F)F. The second kappa shape index (κ2) is 12.4. The van der Waals surface area contributed by atoms with Crippen molar-refractivity contribution in [1.82, 2.24) is 10.5 Å². The largest absolute Gasteiger partial charge is 0.497 e. The van der Waals surface area contributed by atoms with E-state index >= 15 is 0 Å². The zero-order chi connectivity index (χ0) is 27.0. The van der Waals surface area contributed by atoms with Crippen molar-refractivity contribution in [1.29, 1.82) is 0 Å². The number of aliphatic carboxylic acids is 1. The molecule has 0 saturated heterocycles. The Labute approximate surface area is 216 Å². The number of carboxylic acids is 1. The lowest BCUT2D eigenvalue weighted by molar-refractivity contribution is -0.192. The first-order valence-corrected chi connectivity index (χ1v) is 11.0. The Hall–Kier alpha value is -3.58. The number of nitrogens with two attached hydrogens (primary N) is 1. The quantitative estimate of drug-likeness (QED) is 0.282. The highest BCUT2D eigenvalue weighted by Gasteiger charge is 2.38. The van der Waals surface area contributed by atoms with Gasteiger partial charge in [-0.05, 0) is 55.0 Å². The van der Waals surface area contributed by atoms with Crippen LogP contribution < -0.4 is 15.8 Å². The van der Waals surface area contributed by atoms with Gasteiger partial charge in [0.25, 0.3) is 5.91 Å². The number of alkyl halides is 3. The molecule has 4 N–H and O–H groups in total. The number of nitrogens with zero attached hydrogens (tertiary/aromatic N) is 2. The fourth-order valence-corrected chi connectivity index (χ4v) is 3.61. The number of aryl methyl sites for hydroxylation is 1. The molecule has 0 unspecified atom stereocenters. The number of aliphatic imine (C=N–C) groups is 1. The molecule has 0 fully saturated rings.